The summed E-state index contributed by atoms with van der Waals surface area (Å²) in [4.78, 5) is 15.8. The number of hydrogen-bond donors (Lipinski definition) is 1. The van der Waals surface area contributed by atoms with Crippen LogP contribution in [-0.2, 0) is 16.8 Å². The molecule has 1 unspecified atom stereocenters. The summed E-state index contributed by atoms with van der Waals surface area (Å²) in [6, 6.07) is 5.57. The van der Waals surface area contributed by atoms with Gasteiger partial charge in [0, 0.05) is 41.8 Å². The molecule has 0 aliphatic carbocycles. The molecule has 0 aromatic carbocycles. The van der Waals surface area contributed by atoms with E-state index in [0.717, 1.165) is 22.5 Å². The van der Waals surface area contributed by atoms with Crippen molar-refractivity contribution < 1.29 is 8.76 Å². The zero-order valence-electron chi connectivity index (χ0n) is 11.8. The highest BCUT2D eigenvalue weighted by atomic mass is 32.2. The molecule has 1 N–H and O–H groups in total. The Balaban J connectivity index is 1.97. The van der Waals surface area contributed by atoms with Crippen molar-refractivity contribution in [1.82, 2.24) is 19.9 Å². The summed E-state index contributed by atoms with van der Waals surface area (Å²) >= 11 is -2.13. The van der Waals surface area contributed by atoms with Gasteiger partial charge in [-0.2, -0.15) is 0 Å². The van der Waals surface area contributed by atoms with E-state index in [0.29, 0.717) is 11.4 Å². The lowest BCUT2D eigenvalue weighted by molar-refractivity contribution is 0.536. The first kappa shape index (κ1) is 14.6. The van der Waals surface area contributed by atoms with Crippen molar-refractivity contribution in [2.45, 2.75) is 12.7 Å². The van der Waals surface area contributed by atoms with Crippen LogP contribution in [0.3, 0.4) is 0 Å². The van der Waals surface area contributed by atoms with Crippen LogP contribution >= 0.6 is 0 Å². The van der Waals surface area contributed by atoms with E-state index in [9.17, 15) is 8.76 Å². The molecule has 0 bridgehead atoms. The summed E-state index contributed by atoms with van der Waals surface area (Å²) in [5.41, 5.74) is 4.09. The summed E-state index contributed by atoms with van der Waals surface area (Å²) in [6.07, 6.45) is 6.69. The number of aryl methyl sites for hydroxylation is 1. The fraction of sp³-hybridized carbons (Fsp3) is 0.133. The predicted octanol–water partition coefficient (Wildman–Crippen LogP) is 2.22. The minimum Gasteiger partial charge on any atom is -0.772 e. The average molecular weight is 313 g/mol. The molecule has 7 heteroatoms. The van der Waals surface area contributed by atoms with Gasteiger partial charge in [0.15, 0.2) is 5.82 Å². The highest BCUT2D eigenvalue weighted by Crippen LogP contribution is 2.23. The van der Waals surface area contributed by atoms with E-state index in [-0.39, 0.29) is 5.75 Å². The maximum atomic E-state index is 10.8. The normalized spacial score (nSPS) is 12.3. The Kier molecular flexibility index (Phi) is 4.08. The number of H-pyrrole nitrogens is 1. The first-order valence-corrected chi connectivity index (χ1v) is 7.84. The number of nitrogens with one attached hydrogen (secondary N) is 1. The summed E-state index contributed by atoms with van der Waals surface area (Å²) in [6.45, 7) is 1.93. The Bertz CT molecular complexity index is 832. The molecule has 0 saturated carbocycles. The van der Waals surface area contributed by atoms with E-state index in [1.165, 1.54) is 0 Å². The molecule has 3 rings (SSSR count). The summed E-state index contributed by atoms with van der Waals surface area (Å²) in [7, 11) is 0. The van der Waals surface area contributed by atoms with Gasteiger partial charge in [-0.1, -0.05) is 11.1 Å². The third kappa shape index (κ3) is 3.26. The van der Waals surface area contributed by atoms with E-state index in [1.807, 2.05) is 25.1 Å². The molecule has 3 aromatic heterocycles. The lowest BCUT2D eigenvalue weighted by atomic mass is 10.1. The van der Waals surface area contributed by atoms with Crippen LogP contribution in [0.2, 0.25) is 0 Å². The highest BCUT2D eigenvalue weighted by molar-refractivity contribution is 7.78. The fourth-order valence-corrected chi connectivity index (χ4v) is 2.57. The first-order chi connectivity index (χ1) is 10.6. The smallest absolute Gasteiger partial charge is 0.156 e. The van der Waals surface area contributed by atoms with Crippen LogP contribution in [0, 0.1) is 6.92 Å². The third-order valence-electron chi connectivity index (χ3n) is 3.12. The Hall–Kier alpha value is -2.38. The van der Waals surface area contributed by atoms with Crippen LogP contribution in [0.15, 0.2) is 43.0 Å². The molecule has 22 heavy (non-hydrogen) atoms. The monoisotopic (exact) mass is 313 g/mol. The van der Waals surface area contributed by atoms with Crippen LogP contribution in [0.1, 0.15) is 11.3 Å². The van der Waals surface area contributed by atoms with Gasteiger partial charge < -0.3 is 9.54 Å². The van der Waals surface area contributed by atoms with Gasteiger partial charge in [0.05, 0.1) is 0 Å². The summed E-state index contributed by atoms with van der Waals surface area (Å²) in [5, 5.41) is 0. The molecule has 0 amide bonds. The van der Waals surface area contributed by atoms with Gasteiger partial charge in [0.25, 0.3) is 0 Å². The molecule has 0 aliphatic rings. The van der Waals surface area contributed by atoms with Crippen LogP contribution in [0.25, 0.3) is 22.6 Å². The number of imidazole rings is 1. The number of aromatic nitrogens is 4. The van der Waals surface area contributed by atoms with Crippen molar-refractivity contribution in [3.8, 4) is 22.6 Å². The fourth-order valence-electron chi connectivity index (χ4n) is 2.14. The van der Waals surface area contributed by atoms with E-state index in [1.54, 1.807) is 24.8 Å². The number of rotatable bonds is 4. The van der Waals surface area contributed by atoms with Crippen LogP contribution in [0.5, 0.6) is 0 Å². The standard InChI is InChI=1S/C15H14N4O2S/c1-10-6-18-15(19-10)14-5-12(2-3-17-14)13-4-11(7-16-8-13)9-22(20)21/h2-8H,9H2,1H3,(H,18,19)(H,20,21)/p-1. The topological polar surface area (TPSA) is 94.6 Å². The van der Waals surface area contributed by atoms with Crippen molar-refractivity contribution in [3.63, 3.8) is 0 Å². The van der Waals surface area contributed by atoms with Crippen molar-refractivity contribution in [3.05, 3.63) is 54.2 Å². The zero-order valence-corrected chi connectivity index (χ0v) is 12.6. The second kappa shape index (κ2) is 6.17. The van der Waals surface area contributed by atoms with E-state index in [2.05, 4.69) is 19.9 Å². The molecule has 112 valence electrons. The molecule has 0 spiro atoms. The lowest BCUT2D eigenvalue weighted by Crippen LogP contribution is -1.95. The maximum absolute atomic E-state index is 10.8. The quantitative estimate of drug-likeness (QED) is 0.745. The molecule has 1 atom stereocenters. The maximum Gasteiger partial charge on any atom is 0.156 e. The van der Waals surface area contributed by atoms with Crippen LogP contribution < -0.4 is 0 Å². The molecule has 0 aliphatic heterocycles. The first-order valence-electron chi connectivity index (χ1n) is 6.60. The minimum absolute atomic E-state index is 0.0455. The van der Waals surface area contributed by atoms with Gasteiger partial charge >= 0.3 is 0 Å². The SMILES string of the molecule is Cc1cnc(-c2cc(-c3cncc(CS(=O)[O-])c3)ccn2)[nH]1. The van der Waals surface area contributed by atoms with Gasteiger partial charge in [0.2, 0.25) is 0 Å². The van der Waals surface area contributed by atoms with Gasteiger partial charge in [-0.25, -0.2) is 4.98 Å². The van der Waals surface area contributed by atoms with Gasteiger partial charge in [0.1, 0.15) is 5.69 Å². The summed E-state index contributed by atoms with van der Waals surface area (Å²) < 4.78 is 21.6. The number of aromatic amines is 1. The Labute approximate surface area is 130 Å². The third-order valence-corrected chi connectivity index (χ3v) is 3.69. The highest BCUT2D eigenvalue weighted by Gasteiger charge is 2.06. The Morgan fingerprint density at radius 1 is 1.18 bits per heavy atom. The summed E-state index contributed by atoms with van der Waals surface area (Å²) in [5.74, 6) is 0.653. The van der Waals surface area contributed by atoms with Crippen molar-refractivity contribution in [1.29, 1.82) is 0 Å². The molecule has 6 nitrogen and oxygen atoms in total. The van der Waals surface area contributed by atoms with Crippen molar-refractivity contribution in [2.24, 2.45) is 0 Å². The van der Waals surface area contributed by atoms with Crippen LogP contribution in [0.4, 0.5) is 0 Å². The second-order valence-electron chi connectivity index (χ2n) is 4.87. The van der Waals surface area contributed by atoms with Crippen molar-refractivity contribution >= 4 is 11.1 Å². The second-order valence-corrected chi connectivity index (χ2v) is 5.77. The molecule has 0 fully saturated rings. The molecule has 3 heterocycles. The Morgan fingerprint density at radius 3 is 2.77 bits per heavy atom. The van der Waals surface area contributed by atoms with Gasteiger partial charge in [-0.05, 0) is 36.2 Å². The number of pyridine rings is 2. The molecule has 0 radical (unpaired) electrons. The van der Waals surface area contributed by atoms with Gasteiger partial charge in [-0.15, -0.1) is 0 Å². The molecule has 0 saturated heterocycles. The van der Waals surface area contributed by atoms with E-state index < -0.39 is 11.1 Å². The average Bonchev–Trinajstić information content (AvgIpc) is 2.94. The van der Waals surface area contributed by atoms with Crippen LogP contribution in [-0.4, -0.2) is 28.7 Å². The zero-order chi connectivity index (χ0) is 15.5. The minimum atomic E-state index is -2.13. The van der Waals surface area contributed by atoms with Crippen molar-refractivity contribution in [2.75, 3.05) is 0 Å². The molecule has 3 aromatic rings. The largest absolute Gasteiger partial charge is 0.772 e. The predicted molar refractivity (Wildman–Crippen MR) is 82.4 cm³/mol. The lowest BCUT2D eigenvalue weighted by Gasteiger charge is -2.07. The van der Waals surface area contributed by atoms with E-state index >= 15 is 0 Å². The Morgan fingerprint density at radius 2 is 2.05 bits per heavy atom. The van der Waals surface area contributed by atoms with Gasteiger partial charge in [-0.3, -0.25) is 14.2 Å². The molecular weight excluding hydrogens is 300 g/mol. The van der Waals surface area contributed by atoms with E-state index in [4.69, 9.17) is 0 Å². The number of nitrogens with zero attached hydrogens (tertiary/aromatic N) is 3. The molecular formula is C15H13N4O2S-. The number of hydrogen-bond acceptors (Lipinski definition) is 5.